The van der Waals surface area contributed by atoms with E-state index in [9.17, 15) is 0 Å². The summed E-state index contributed by atoms with van der Waals surface area (Å²) < 4.78 is 0. The highest BCUT2D eigenvalue weighted by Gasteiger charge is 2.38. The second-order valence-corrected chi connectivity index (χ2v) is 13.1. The van der Waals surface area contributed by atoms with E-state index in [0.29, 0.717) is 11.3 Å². The van der Waals surface area contributed by atoms with E-state index < -0.39 is 0 Å². The Morgan fingerprint density at radius 3 is 2.25 bits per heavy atom. The summed E-state index contributed by atoms with van der Waals surface area (Å²) in [5.41, 5.74) is 8.23. The summed E-state index contributed by atoms with van der Waals surface area (Å²) in [6, 6.07) is 22.9. The fraction of sp³-hybridized carbons (Fsp3) is 0.333. The predicted molar refractivity (Wildman–Crippen MR) is 153 cm³/mol. The first-order valence-corrected chi connectivity index (χ1v) is 14.1. The first-order valence-electron chi connectivity index (χ1n) is 13.2. The number of thiophene rings is 1. The van der Waals surface area contributed by atoms with Gasteiger partial charge < -0.3 is 0 Å². The average molecular weight is 489 g/mol. The third kappa shape index (κ3) is 3.29. The van der Waals surface area contributed by atoms with E-state index in [-0.39, 0.29) is 5.41 Å². The number of hydrogen-bond donors (Lipinski definition) is 0. The third-order valence-corrected chi connectivity index (χ3v) is 10.1. The number of hydrogen-bond acceptors (Lipinski definition) is 3. The first kappa shape index (κ1) is 22.2. The molecule has 36 heavy (non-hydrogen) atoms. The SMILES string of the molecule is CC1(C)CCC(c2ccc(-c3sc4ncnc5c4c3C(C)(C)c3cc4ccccc4cc3-5)cc2)CC1. The zero-order valence-electron chi connectivity index (χ0n) is 21.6. The Labute approximate surface area is 217 Å². The lowest BCUT2D eigenvalue weighted by molar-refractivity contribution is 0.224. The molecule has 0 radical (unpaired) electrons. The molecule has 0 bridgehead atoms. The summed E-state index contributed by atoms with van der Waals surface area (Å²) in [5.74, 6) is 0.696. The van der Waals surface area contributed by atoms with Crippen molar-refractivity contribution in [2.24, 2.45) is 5.41 Å². The highest BCUT2D eigenvalue weighted by molar-refractivity contribution is 7.22. The molecular weight excluding hydrogens is 456 g/mol. The van der Waals surface area contributed by atoms with Crippen molar-refractivity contribution < 1.29 is 0 Å². The summed E-state index contributed by atoms with van der Waals surface area (Å²) in [6.45, 7) is 9.58. The smallest absolute Gasteiger partial charge is 0.128 e. The van der Waals surface area contributed by atoms with Gasteiger partial charge in [-0.15, -0.1) is 11.3 Å². The van der Waals surface area contributed by atoms with E-state index >= 15 is 0 Å². The monoisotopic (exact) mass is 488 g/mol. The molecule has 7 rings (SSSR count). The van der Waals surface area contributed by atoms with Crippen molar-refractivity contribution in [3.63, 3.8) is 0 Å². The molecule has 1 saturated carbocycles. The lowest BCUT2D eigenvalue weighted by Gasteiger charge is -2.34. The third-order valence-electron chi connectivity index (χ3n) is 8.91. The van der Waals surface area contributed by atoms with Crippen LogP contribution in [0.3, 0.4) is 0 Å². The van der Waals surface area contributed by atoms with Gasteiger partial charge in [0.15, 0.2) is 0 Å². The lowest BCUT2D eigenvalue weighted by atomic mass is 9.69. The molecule has 0 aliphatic heterocycles. The summed E-state index contributed by atoms with van der Waals surface area (Å²) in [6.07, 6.45) is 6.99. The molecule has 180 valence electrons. The van der Waals surface area contributed by atoms with Crippen molar-refractivity contribution in [2.45, 2.75) is 64.7 Å². The van der Waals surface area contributed by atoms with Crippen LogP contribution in [0.25, 0.3) is 42.7 Å². The van der Waals surface area contributed by atoms with Gasteiger partial charge in [-0.3, -0.25) is 0 Å². The van der Waals surface area contributed by atoms with Gasteiger partial charge in [-0.05, 0) is 82.2 Å². The topological polar surface area (TPSA) is 25.8 Å². The van der Waals surface area contributed by atoms with Gasteiger partial charge in [-0.2, -0.15) is 0 Å². The molecule has 2 aliphatic rings. The standard InChI is InChI=1S/C33H32N2S/c1-32(2)15-13-21(14-16-32)20-9-11-22(12-10-20)30-28-27-29(34-19-35-31(27)36-30)25-17-23-7-5-6-8-24(23)18-26(25)33(28,3)4/h5-12,17-19,21H,13-16H2,1-4H3. The molecule has 0 unspecified atom stereocenters. The second-order valence-electron chi connectivity index (χ2n) is 12.1. The minimum absolute atomic E-state index is 0.141. The van der Waals surface area contributed by atoms with Crippen LogP contribution in [-0.4, -0.2) is 9.97 Å². The summed E-state index contributed by atoms with van der Waals surface area (Å²) in [4.78, 5) is 12.0. The van der Waals surface area contributed by atoms with Crippen LogP contribution in [0, 0.1) is 5.41 Å². The Kier molecular flexibility index (Phi) is 4.76. The lowest BCUT2D eigenvalue weighted by Crippen LogP contribution is -2.24. The van der Waals surface area contributed by atoms with Crippen molar-refractivity contribution in [3.05, 3.63) is 83.7 Å². The van der Waals surface area contributed by atoms with Gasteiger partial charge in [0.2, 0.25) is 0 Å². The number of rotatable bonds is 2. The number of fused-ring (bicyclic) bond motifs is 3. The Balaban J connectivity index is 1.37. The molecule has 5 aromatic rings. The molecule has 0 saturated heterocycles. The maximum Gasteiger partial charge on any atom is 0.128 e. The maximum absolute atomic E-state index is 4.84. The van der Waals surface area contributed by atoms with Crippen LogP contribution in [0.4, 0.5) is 0 Å². The molecule has 0 atom stereocenters. The molecule has 2 heterocycles. The molecule has 2 aliphatic carbocycles. The average Bonchev–Trinajstić information content (AvgIpc) is 3.28. The van der Waals surface area contributed by atoms with Crippen molar-refractivity contribution in [1.29, 1.82) is 0 Å². The van der Waals surface area contributed by atoms with E-state index in [0.717, 1.165) is 10.5 Å². The van der Waals surface area contributed by atoms with Crippen LogP contribution in [-0.2, 0) is 5.41 Å². The van der Waals surface area contributed by atoms with Gasteiger partial charge in [-0.1, -0.05) is 76.2 Å². The Morgan fingerprint density at radius 2 is 1.53 bits per heavy atom. The van der Waals surface area contributed by atoms with E-state index in [1.807, 2.05) is 11.3 Å². The molecule has 0 spiro atoms. The fourth-order valence-electron chi connectivity index (χ4n) is 6.66. The van der Waals surface area contributed by atoms with E-state index in [1.54, 1.807) is 6.33 Å². The predicted octanol–water partition coefficient (Wildman–Crippen LogP) is 9.50. The van der Waals surface area contributed by atoms with Crippen molar-refractivity contribution in [1.82, 2.24) is 9.97 Å². The van der Waals surface area contributed by atoms with Crippen LogP contribution in [0.5, 0.6) is 0 Å². The van der Waals surface area contributed by atoms with Gasteiger partial charge in [0.05, 0.1) is 5.69 Å². The highest BCUT2D eigenvalue weighted by Crippen LogP contribution is 2.54. The van der Waals surface area contributed by atoms with Crippen LogP contribution in [0.1, 0.15) is 76.0 Å². The molecule has 0 N–H and O–H groups in total. The molecule has 3 heteroatoms. The molecule has 2 nitrogen and oxygen atoms in total. The summed E-state index contributed by atoms with van der Waals surface area (Å²) in [5, 5.41) is 3.79. The first-order chi connectivity index (χ1) is 17.3. The van der Waals surface area contributed by atoms with Gasteiger partial charge >= 0.3 is 0 Å². The molecule has 1 fully saturated rings. The largest absolute Gasteiger partial charge is 0.236 e. The van der Waals surface area contributed by atoms with E-state index in [1.165, 1.54) is 74.5 Å². The van der Waals surface area contributed by atoms with Crippen molar-refractivity contribution in [2.75, 3.05) is 0 Å². The maximum atomic E-state index is 4.84. The Hall–Kier alpha value is -3.04. The normalized spacial score (nSPS) is 18.4. The number of aromatic nitrogens is 2. The Bertz CT molecular complexity index is 1630. The van der Waals surface area contributed by atoms with Crippen molar-refractivity contribution >= 4 is 32.3 Å². The molecule has 2 aromatic heterocycles. The van der Waals surface area contributed by atoms with E-state index in [2.05, 4.69) is 88.4 Å². The van der Waals surface area contributed by atoms with Gasteiger partial charge in [0, 0.05) is 21.2 Å². The molecule has 3 aromatic carbocycles. The van der Waals surface area contributed by atoms with Crippen LogP contribution >= 0.6 is 11.3 Å². The minimum atomic E-state index is -0.141. The summed E-state index contributed by atoms with van der Waals surface area (Å²) >= 11 is 1.82. The van der Waals surface area contributed by atoms with Gasteiger partial charge in [0.1, 0.15) is 11.2 Å². The second kappa shape index (κ2) is 7.73. The van der Waals surface area contributed by atoms with Crippen molar-refractivity contribution in [3.8, 4) is 21.7 Å². The molecular formula is C33H32N2S. The molecule has 0 amide bonds. The number of benzene rings is 3. The highest BCUT2D eigenvalue weighted by atomic mass is 32.1. The van der Waals surface area contributed by atoms with Gasteiger partial charge in [-0.25, -0.2) is 9.97 Å². The number of nitrogens with zero attached hydrogens (tertiary/aromatic N) is 2. The van der Waals surface area contributed by atoms with E-state index in [4.69, 9.17) is 9.97 Å². The fourth-order valence-corrected chi connectivity index (χ4v) is 7.97. The Morgan fingerprint density at radius 1 is 0.833 bits per heavy atom. The summed E-state index contributed by atoms with van der Waals surface area (Å²) in [7, 11) is 0. The minimum Gasteiger partial charge on any atom is -0.236 e. The zero-order chi connectivity index (χ0) is 24.7. The van der Waals surface area contributed by atoms with Gasteiger partial charge in [0.25, 0.3) is 0 Å². The van der Waals surface area contributed by atoms with Crippen LogP contribution in [0.15, 0.2) is 67.0 Å². The van der Waals surface area contributed by atoms with Crippen LogP contribution in [0.2, 0.25) is 0 Å². The quantitative estimate of drug-likeness (QED) is 0.247. The zero-order valence-corrected chi connectivity index (χ0v) is 22.4. The van der Waals surface area contributed by atoms with Crippen LogP contribution < -0.4 is 0 Å².